The van der Waals surface area contributed by atoms with E-state index in [1.807, 2.05) is 18.2 Å². The fourth-order valence-corrected chi connectivity index (χ4v) is 2.78. The molecule has 138 valence electrons. The summed E-state index contributed by atoms with van der Waals surface area (Å²) in [6.07, 6.45) is 1.88. The Kier molecular flexibility index (Phi) is 7.12. The summed E-state index contributed by atoms with van der Waals surface area (Å²) < 4.78 is 12.9. The number of rotatable bonds is 5. The highest BCUT2D eigenvalue weighted by atomic mass is 35.5. The molecule has 1 fully saturated rings. The van der Waals surface area contributed by atoms with E-state index >= 15 is 0 Å². The van der Waals surface area contributed by atoms with Crippen LogP contribution in [0.15, 0.2) is 48.5 Å². The number of nitrogens with one attached hydrogen (secondary N) is 3. The van der Waals surface area contributed by atoms with Crippen molar-refractivity contribution in [2.75, 3.05) is 11.9 Å². The summed E-state index contributed by atoms with van der Waals surface area (Å²) in [5.74, 6) is -0.694. The fourth-order valence-electron chi connectivity index (χ4n) is 2.78. The van der Waals surface area contributed by atoms with Gasteiger partial charge in [-0.2, -0.15) is 0 Å². The van der Waals surface area contributed by atoms with E-state index in [9.17, 15) is 14.0 Å². The molecule has 0 radical (unpaired) electrons. The highest BCUT2D eigenvalue weighted by molar-refractivity contribution is 6.04. The van der Waals surface area contributed by atoms with Gasteiger partial charge in [-0.05, 0) is 61.3 Å². The van der Waals surface area contributed by atoms with E-state index in [-0.39, 0.29) is 36.1 Å². The molecule has 2 aromatic rings. The third-order valence-corrected chi connectivity index (χ3v) is 4.13. The van der Waals surface area contributed by atoms with Gasteiger partial charge in [-0.15, -0.1) is 12.4 Å². The molecule has 7 heteroatoms. The number of benzene rings is 2. The minimum Gasteiger partial charge on any atom is -0.351 e. The number of amides is 2. The largest absolute Gasteiger partial charge is 0.351 e. The third-order valence-electron chi connectivity index (χ3n) is 4.13. The molecule has 2 amide bonds. The Bertz CT molecular complexity index is 762. The van der Waals surface area contributed by atoms with E-state index in [0.29, 0.717) is 17.8 Å². The molecule has 2 aromatic carbocycles. The van der Waals surface area contributed by atoms with Crippen LogP contribution in [0.4, 0.5) is 10.1 Å². The lowest BCUT2D eigenvalue weighted by Crippen LogP contribution is -2.39. The van der Waals surface area contributed by atoms with E-state index in [0.717, 1.165) is 24.9 Å². The second-order valence-electron chi connectivity index (χ2n) is 6.03. The molecule has 1 heterocycles. The third kappa shape index (κ3) is 5.28. The first-order chi connectivity index (χ1) is 12.1. The Morgan fingerprint density at radius 1 is 1.15 bits per heavy atom. The normalized spacial score (nSPS) is 15.8. The monoisotopic (exact) mass is 377 g/mol. The zero-order valence-corrected chi connectivity index (χ0v) is 14.9. The summed E-state index contributed by atoms with van der Waals surface area (Å²) in [5.41, 5.74) is 1.90. The molecule has 0 saturated carbocycles. The Balaban J connectivity index is 0.00000243. The lowest BCUT2D eigenvalue weighted by molar-refractivity contribution is -0.122. The van der Waals surface area contributed by atoms with Crippen LogP contribution in [-0.2, 0) is 11.3 Å². The van der Waals surface area contributed by atoms with Crippen molar-refractivity contribution in [3.8, 4) is 0 Å². The van der Waals surface area contributed by atoms with Gasteiger partial charge in [0.1, 0.15) is 5.82 Å². The van der Waals surface area contributed by atoms with E-state index in [1.54, 1.807) is 6.07 Å². The van der Waals surface area contributed by atoms with Crippen LogP contribution >= 0.6 is 12.4 Å². The topological polar surface area (TPSA) is 70.2 Å². The van der Waals surface area contributed by atoms with Gasteiger partial charge in [-0.25, -0.2) is 4.39 Å². The smallest absolute Gasteiger partial charge is 0.255 e. The van der Waals surface area contributed by atoms with Gasteiger partial charge in [-0.1, -0.05) is 12.1 Å². The lowest BCUT2D eigenvalue weighted by atomic mass is 10.1. The average Bonchev–Trinajstić information content (AvgIpc) is 3.15. The van der Waals surface area contributed by atoms with Crippen molar-refractivity contribution in [3.63, 3.8) is 0 Å². The predicted molar refractivity (Wildman–Crippen MR) is 101 cm³/mol. The van der Waals surface area contributed by atoms with Crippen LogP contribution in [0.2, 0.25) is 0 Å². The van der Waals surface area contributed by atoms with Crippen LogP contribution in [0.1, 0.15) is 28.8 Å². The van der Waals surface area contributed by atoms with Crippen LogP contribution in [0.3, 0.4) is 0 Å². The van der Waals surface area contributed by atoms with E-state index in [2.05, 4.69) is 16.0 Å². The van der Waals surface area contributed by atoms with Gasteiger partial charge >= 0.3 is 0 Å². The van der Waals surface area contributed by atoms with Crippen molar-refractivity contribution >= 4 is 29.9 Å². The minimum absolute atomic E-state index is 0. The minimum atomic E-state index is -0.383. The molecule has 0 aliphatic carbocycles. The maximum Gasteiger partial charge on any atom is 0.255 e. The van der Waals surface area contributed by atoms with Crippen molar-refractivity contribution in [1.82, 2.24) is 10.6 Å². The molecule has 1 unspecified atom stereocenters. The number of carbonyl (C=O) groups excluding carboxylic acids is 2. The SMILES string of the molecule is Cl.O=C(Nc1cccc(CNC(=O)C2CCCN2)c1)c1ccc(F)cc1. The molecule has 26 heavy (non-hydrogen) atoms. The summed E-state index contributed by atoms with van der Waals surface area (Å²) in [6, 6.07) is 12.5. The molecule has 0 bridgehead atoms. The first kappa shape index (κ1) is 19.9. The average molecular weight is 378 g/mol. The van der Waals surface area contributed by atoms with Crippen LogP contribution in [0.5, 0.6) is 0 Å². The van der Waals surface area contributed by atoms with Crippen molar-refractivity contribution in [2.45, 2.75) is 25.4 Å². The zero-order valence-electron chi connectivity index (χ0n) is 14.1. The standard InChI is InChI=1S/C19H20FN3O2.ClH/c20-15-8-6-14(7-9-15)18(24)23-16-4-1-3-13(11-16)12-22-19(25)17-5-2-10-21-17;/h1,3-4,6-9,11,17,21H,2,5,10,12H2,(H,22,25)(H,23,24);1H. The Labute approximate surface area is 157 Å². The lowest BCUT2D eigenvalue weighted by Gasteiger charge is -2.12. The van der Waals surface area contributed by atoms with E-state index in [1.165, 1.54) is 24.3 Å². The highest BCUT2D eigenvalue weighted by Crippen LogP contribution is 2.13. The molecule has 5 nitrogen and oxygen atoms in total. The number of hydrogen-bond acceptors (Lipinski definition) is 3. The van der Waals surface area contributed by atoms with Gasteiger partial charge in [0.15, 0.2) is 0 Å². The van der Waals surface area contributed by atoms with Crippen molar-refractivity contribution < 1.29 is 14.0 Å². The summed E-state index contributed by atoms with van der Waals surface area (Å²) in [7, 11) is 0. The summed E-state index contributed by atoms with van der Waals surface area (Å²) in [6.45, 7) is 1.28. The molecule has 3 rings (SSSR count). The van der Waals surface area contributed by atoms with E-state index in [4.69, 9.17) is 0 Å². The van der Waals surface area contributed by atoms with Crippen LogP contribution in [-0.4, -0.2) is 24.4 Å². The number of carbonyl (C=O) groups is 2. The first-order valence-electron chi connectivity index (χ1n) is 8.29. The van der Waals surface area contributed by atoms with Gasteiger partial charge in [0.2, 0.25) is 5.91 Å². The molecular formula is C19H21ClFN3O2. The van der Waals surface area contributed by atoms with Gasteiger partial charge in [-0.3, -0.25) is 9.59 Å². The van der Waals surface area contributed by atoms with Crippen molar-refractivity contribution in [3.05, 3.63) is 65.5 Å². The maximum atomic E-state index is 12.9. The molecular weight excluding hydrogens is 357 g/mol. The molecule has 3 N–H and O–H groups in total. The summed E-state index contributed by atoms with van der Waals surface area (Å²) in [5, 5.41) is 8.83. The van der Waals surface area contributed by atoms with Gasteiger partial charge in [0.25, 0.3) is 5.91 Å². The number of halogens is 2. The molecule has 0 spiro atoms. The zero-order chi connectivity index (χ0) is 17.6. The Morgan fingerprint density at radius 3 is 2.62 bits per heavy atom. The maximum absolute atomic E-state index is 12.9. The van der Waals surface area contributed by atoms with E-state index < -0.39 is 0 Å². The molecule has 1 saturated heterocycles. The van der Waals surface area contributed by atoms with Gasteiger partial charge < -0.3 is 16.0 Å². The second kappa shape index (κ2) is 9.31. The Morgan fingerprint density at radius 2 is 1.92 bits per heavy atom. The highest BCUT2D eigenvalue weighted by Gasteiger charge is 2.21. The number of hydrogen-bond donors (Lipinski definition) is 3. The summed E-state index contributed by atoms with van der Waals surface area (Å²) in [4.78, 5) is 24.2. The molecule has 1 aliphatic heterocycles. The number of anilines is 1. The van der Waals surface area contributed by atoms with Gasteiger partial charge in [0, 0.05) is 17.8 Å². The first-order valence-corrected chi connectivity index (χ1v) is 8.29. The van der Waals surface area contributed by atoms with Crippen molar-refractivity contribution in [1.29, 1.82) is 0 Å². The van der Waals surface area contributed by atoms with Crippen LogP contribution < -0.4 is 16.0 Å². The fraction of sp³-hybridized carbons (Fsp3) is 0.263. The van der Waals surface area contributed by atoms with Crippen LogP contribution in [0.25, 0.3) is 0 Å². The van der Waals surface area contributed by atoms with Crippen LogP contribution in [0, 0.1) is 5.82 Å². The molecule has 1 aliphatic rings. The van der Waals surface area contributed by atoms with Crippen molar-refractivity contribution in [2.24, 2.45) is 0 Å². The molecule has 1 atom stereocenters. The quantitative estimate of drug-likeness (QED) is 0.750. The van der Waals surface area contributed by atoms with Gasteiger partial charge in [0.05, 0.1) is 6.04 Å². The summed E-state index contributed by atoms with van der Waals surface area (Å²) >= 11 is 0. The molecule has 0 aromatic heterocycles. The Hall–Kier alpha value is -2.44. The predicted octanol–water partition coefficient (Wildman–Crippen LogP) is 2.87. The second-order valence-corrected chi connectivity index (χ2v) is 6.03.